The molecule has 1 amide bonds. The molecule has 0 radical (unpaired) electrons. The van der Waals surface area contributed by atoms with E-state index in [0.717, 1.165) is 22.7 Å². The molecule has 1 aromatic heterocycles. The first-order valence-corrected chi connectivity index (χ1v) is 7.70. The summed E-state index contributed by atoms with van der Waals surface area (Å²) in [5.41, 5.74) is 2.51. The van der Waals surface area contributed by atoms with E-state index in [1.54, 1.807) is 6.20 Å². The van der Waals surface area contributed by atoms with Crippen LogP contribution in [0.25, 0.3) is 0 Å². The zero-order chi connectivity index (χ0) is 17.6. The highest BCUT2D eigenvalue weighted by Crippen LogP contribution is 2.19. The highest BCUT2D eigenvalue weighted by molar-refractivity contribution is 6.04. The van der Waals surface area contributed by atoms with E-state index in [0.29, 0.717) is 6.54 Å². The lowest BCUT2D eigenvalue weighted by molar-refractivity contribution is 0.0510. The highest BCUT2D eigenvalue weighted by Gasteiger charge is 2.17. The summed E-state index contributed by atoms with van der Waals surface area (Å²) in [4.78, 5) is 19.4. The molecule has 6 heteroatoms. The Morgan fingerprint density at radius 3 is 2.74 bits per heavy atom. The van der Waals surface area contributed by atoms with E-state index in [2.05, 4.69) is 27.2 Å². The molecule has 1 aromatic rings. The predicted octanol–water partition coefficient (Wildman–Crippen LogP) is 3.60. The SMILES string of the molecule is C=CNc1[nH]cc(C)c1C(C)=NC[C@@H](C)NC(=O)OC(C)(C)C. The van der Waals surface area contributed by atoms with Crippen LogP contribution >= 0.6 is 0 Å². The van der Waals surface area contributed by atoms with Crippen molar-refractivity contribution in [2.75, 3.05) is 11.9 Å². The van der Waals surface area contributed by atoms with Crippen molar-refractivity contribution in [3.8, 4) is 0 Å². The van der Waals surface area contributed by atoms with Crippen LogP contribution in [0, 0.1) is 6.92 Å². The second-order valence-electron chi connectivity index (χ2n) is 6.54. The molecule has 0 saturated heterocycles. The summed E-state index contributed by atoms with van der Waals surface area (Å²) in [6.07, 6.45) is 3.11. The van der Waals surface area contributed by atoms with Gasteiger partial charge in [-0.3, -0.25) is 4.99 Å². The van der Waals surface area contributed by atoms with E-state index >= 15 is 0 Å². The lowest BCUT2D eigenvalue weighted by Crippen LogP contribution is -2.39. The van der Waals surface area contributed by atoms with Gasteiger partial charge in [0, 0.05) is 23.5 Å². The van der Waals surface area contributed by atoms with Gasteiger partial charge >= 0.3 is 6.09 Å². The molecule has 3 N–H and O–H groups in total. The summed E-state index contributed by atoms with van der Waals surface area (Å²) in [7, 11) is 0. The molecule has 1 atom stereocenters. The number of hydrogen-bond donors (Lipinski definition) is 3. The Kier molecular flexibility index (Phi) is 6.42. The summed E-state index contributed by atoms with van der Waals surface area (Å²) >= 11 is 0. The Labute approximate surface area is 138 Å². The molecular formula is C17H28N4O2. The third-order valence-electron chi connectivity index (χ3n) is 3.05. The van der Waals surface area contributed by atoms with Crippen LogP contribution < -0.4 is 10.6 Å². The van der Waals surface area contributed by atoms with Crippen molar-refractivity contribution in [1.82, 2.24) is 10.3 Å². The van der Waals surface area contributed by atoms with Crippen LogP contribution in [0.3, 0.4) is 0 Å². The first-order valence-electron chi connectivity index (χ1n) is 7.70. The van der Waals surface area contributed by atoms with Crippen molar-refractivity contribution in [3.63, 3.8) is 0 Å². The summed E-state index contributed by atoms with van der Waals surface area (Å²) in [6, 6.07) is -0.116. The van der Waals surface area contributed by atoms with E-state index in [9.17, 15) is 4.79 Å². The lowest BCUT2D eigenvalue weighted by Gasteiger charge is -2.21. The third kappa shape index (κ3) is 6.18. The first-order chi connectivity index (χ1) is 10.6. The Bertz CT molecular complexity index is 582. The third-order valence-corrected chi connectivity index (χ3v) is 3.05. The smallest absolute Gasteiger partial charge is 0.407 e. The number of aliphatic imine (C=N–C) groups is 1. The van der Waals surface area contributed by atoms with Crippen molar-refractivity contribution < 1.29 is 9.53 Å². The molecule has 23 heavy (non-hydrogen) atoms. The summed E-state index contributed by atoms with van der Waals surface area (Å²) in [5.74, 6) is 0.867. The number of amides is 1. The highest BCUT2D eigenvalue weighted by atomic mass is 16.6. The van der Waals surface area contributed by atoms with E-state index in [1.165, 1.54) is 0 Å². The Balaban J connectivity index is 2.68. The number of carbonyl (C=O) groups excluding carboxylic acids is 1. The molecule has 0 aliphatic heterocycles. The number of hydrogen-bond acceptors (Lipinski definition) is 4. The number of H-pyrrole nitrogens is 1. The zero-order valence-electron chi connectivity index (χ0n) is 14.9. The fourth-order valence-electron chi connectivity index (χ4n) is 2.11. The summed E-state index contributed by atoms with van der Waals surface area (Å²) in [5, 5.41) is 5.84. The first kappa shape index (κ1) is 18.8. The van der Waals surface area contributed by atoms with Crippen LogP contribution in [0.4, 0.5) is 10.6 Å². The van der Waals surface area contributed by atoms with Gasteiger partial charge in [-0.15, -0.1) is 0 Å². The Morgan fingerprint density at radius 1 is 1.52 bits per heavy atom. The second kappa shape index (κ2) is 7.85. The van der Waals surface area contributed by atoms with E-state index in [-0.39, 0.29) is 6.04 Å². The van der Waals surface area contributed by atoms with Gasteiger partial charge in [0.2, 0.25) is 0 Å². The van der Waals surface area contributed by atoms with Gasteiger partial charge < -0.3 is 20.4 Å². The normalized spacial score (nSPS) is 13.4. The molecule has 0 bridgehead atoms. The molecule has 128 valence electrons. The van der Waals surface area contributed by atoms with Crippen molar-refractivity contribution in [2.24, 2.45) is 4.99 Å². The molecule has 0 unspecified atom stereocenters. The zero-order valence-corrected chi connectivity index (χ0v) is 14.9. The van der Waals surface area contributed by atoms with Crippen LogP contribution in [0.2, 0.25) is 0 Å². The molecule has 0 spiro atoms. The van der Waals surface area contributed by atoms with Crippen molar-refractivity contribution in [1.29, 1.82) is 0 Å². The predicted molar refractivity (Wildman–Crippen MR) is 95.3 cm³/mol. The van der Waals surface area contributed by atoms with Crippen LogP contribution in [0.15, 0.2) is 24.0 Å². The number of aromatic nitrogens is 1. The molecule has 1 heterocycles. The van der Waals surface area contributed by atoms with Crippen LogP contribution in [0.1, 0.15) is 45.7 Å². The molecule has 0 saturated carbocycles. The molecule has 0 aromatic carbocycles. The molecule has 0 aliphatic rings. The Hall–Kier alpha value is -2.24. The average molecular weight is 320 g/mol. The van der Waals surface area contributed by atoms with Gasteiger partial charge in [0.15, 0.2) is 0 Å². The largest absolute Gasteiger partial charge is 0.444 e. The van der Waals surface area contributed by atoms with Crippen molar-refractivity contribution in [3.05, 3.63) is 30.1 Å². The molecule has 1 rings (SSSR count). The number of anilines is 1. The average Bonchev–Trinajstić information content (AvgIpc) is 2.75. The fourth-order valence-corrected chi connectivity index (χ4v) is 2.11. The maximum atomic E-state index is 11.7. The number of aryl methyl sites for hydroxylation is 1. The number of carbonyl (C=O) groups is 1. The standard InChI is InChI=1S/C17H28N4O2/c1-8-18-15-14(11(2)9-20-15)13(4)19-10-12(3)21-16(22)23-17(5,6)7/h8-9,12,18,20H,1,10H2,2-7H3,(H,21,22)/t12-/m1/s1. The molecule has 6 nitrogen and oxygen atoms in total. The Morgan fingerprint density at radius 2 is 2.17 bits per heavy atom. The summed E-state index contributed by atoms with van der Waals surface area (Å²) in [6.45, 7) is 15.5. The van der Waals surface area contributed by atoms with E-state index in [1.807, 2.05) is 47.7 Å². The molecule has 0 fully saturated rings. The number of nitrogens with one attached hydrogen (secondary N) is 3. The topological polar surface area (TPSA) is 78.5 Å². The van der Waals surface area contributed by atoms with Gasteiger partial charge in [-0.05, 0) is 53.3 Å². The summed E-state index contributed by atoms with van der Waals surface area (Å²) < 4.78 is 5.23. The van der Waals surface area contributed by atoms with Gasteiger partial charge in [-0.1, -0.05) is 6.58 Å². The number of aromatic amines is 1. The number of alkyl carbamates (subject to hydrolysis) is 1. The monoisotopic (exact) mass is 320 g/mol. The maximum absolute atomic E-state index is 11.7. The fraction of sp³-hybridized carbons (Fsp3) is 0.529. The number of ether oxygens (including phenoxy) is 1. The van der Waals surface area contributed by atoms with Crippen LogP contribution in [0.5, 0.6) is 0 Å². The quantitative estimate of drug-likeness (QED) is 0.701. The number of nitrogens with zero attached hydrogens (tertiary/aromatic N) is 1. The van der Waals surface area contributed by atoms with Crippen molar-refractivity contribution >= 4 is 17.6 Å². The lowest BCUT2D eigenvalue weighted by atomic mass is 10.1. The minimum absolute atomic E-state index is 0.116. The van der Waals surface area contributed by atoms with Crippen LogP contribution in [-0.4, -0.2) is 35.0 Å². The van der Waals surface area contributed by atoms with Gasteiger partial charge in [-0.25, -0.2) is 4.79 Å². The maximum Gasteiger partial charge on any atom is 0.407 e. The van der Waals surface area contributed by atoms with Crippen molar-refractivity contribution in [2.45, 2.75) is 53.2 Å². The van der Waals surface area contributed by atoms with Crippen LogP contribution in [-0.2, 0) is 4.74 Å². The van der Waals surface area contributed by atoms with E-state index < -0.39 is 11.7 Å². The van der Waals surface area contributed by atoms with Gasteiger partial charge in [0.05, 0.1) is 6.54 Å². The molecule has 0 aliphatic carbocycles. The number of rotatable bonds is 6. The van der Waals surface area contributed by atoms with Gasteiger partial charge in [0.1, 0.15) is 11.4 Å². The minimum Gasteiger partial charge on any atom is -0.444 e. The second-order valence-corrected chi connectivity index (χ2v) is 6.54. The van der Waals surface area contributed by atoms with Gasteiger partial charge in [-0.2, -0.15) is 0 Å². The minimum atomic E-state index is -0.503. The van der Waals surface area contributed by atoms with Gasteiger partial charge in [0.25, 0.3) is 0 Å². The molecular weight excluding hydrogens is 292 g/mol. The van der Waals surface area contributed by atoms with E-state index in [4.69, 9.17) is 4.74 Å².